The molecule has 2 N–H and O–H groups in total. The average molecular weight is 688 g/mol. The summed E-state index contributed by atoms with van der Waals surface area (Å²) in [6, 6.07) is 31.4. The molecule has 1 aliphatic heterocycles. The van der Waals surface area contributed by atoms with Crippen molar-refractivity contribution in [2.24, 2.45) is 0 Å². The molecule has 1 aromatic heterocycles. The molecule has 0 amide bonds. The lowest BCUT2D eigenvalue weighted by molar-refractivity contribution is -0.677. The van der Waals surface area contributed by atoms with Gasteiger partial charge in [-0.25, -0.2) is 0 Å². The van der Waals surface area contributed by atoms with Crippen LogP contribution in [0.5, 0.6) is 5.75 Å². The Labute approximate surface area is 279 Å². The first-order valence-electron chi connectivity index (χ1n) is 15.4. The van der Waals surface area contributed by atoms with Crippen molar-refractivity contribution in [1.82, 2.24) is 0 Å². The second-order valence-corrected chi connectivity index (χ2v) is 14.7. The first-order chi connectivity index (χ1) is 22.9. The van der Waals surface area contributed by atoms with Crippen molar-refractivity contribution in [2.75, 3.05) is 23.0 Å². The van der Waals surface area contributed by atoms with Gasteiger partial charge in [-0.05, 0) is 59.4 Å². The van der Waals surface area contributed by atoms with Crippen LogP contribution in [0.3, 0.4) is 0 Å². The molecule has 0 saturated heterocycles. The van der Waals surface area contributed by atoms with Crippen molar-refractivity contribution < 1.29 is 39.7 Å². The summed E-state index contributed by atoms with van der Waals surface area (Å²) in [7, 11) is -8.30. The fraction of sp³-hybridized carbons (Fsp3) is 0.194. The van der Waals surface area contributed by atoms with E-state index in [0.717, 1.165) is 39.0 Å². The molecule has 12 heteroatoms. The largest absolute Gasteiger partial charge is 0.439 e. The van der Waals surface area contributed by atoms with E-state index in [1.54, 1.807) is 0 Å². The molecule has 0 aliphatic carbocycles. The highest BCUT2D eigenvalue weighted by Gasteiger charge is 2.28. The van der Waals surface area contributed by atoms with E-state index in [4.69, 9.17) is 9.15 Å². The maximum atomic E-state index is 11.5. The number of hydrogen-bond acceptors (Lipinski definition) is 7. The van der Waals surface area contributed by atoms with Gasteiger partial charge < -0.3 is 14.1 Å². The highest BCUT2D eigenvalue weighted by Crippen LogP contribution is 2.42. The van der Waals surface area contributed by atoms with Crippen LogP contribution in [0.15, 0.2) is 119 Å². The number of anilines is 1. The lowest BCUT2D eigenvalue weighted by atomic mass is 10.0. The maximum absolute atomic E-state index is 11.5. The molecule has 1 aliphatic rings. The number of allylic oxidation sites excluding steroid dienone is 2. The van der Waals surface area contributed by atoms with Gasteiger partial charge in [0.15, 0.2) is 12.3 Å². The highest BCUT2D eigenvalue weighted by molar-refractivity contribution is 7.86. The summed E-state index contributed by atoms with van der Waals surface area (Å²) in [5.74, 6) is 0.761. The summed E-state index contributed by atoms with van der Waals surface area (Å²) in [6.07, 6.45) is 3.97. The van der Waals surface area contributed by atoms with E-state index >= 15 is 0 Å². The summed E-state index contributed by atoms with van der Waals surface area (Å²) < 4.78 is 79.2. The van der Waals surface area contributed by atoms with Gasteiger partial charge >= 0.3 is 5.89 Å². The second kappa shape index (κ2) is 13.8. The number of aromatic nitrogens is 1. The van der Waals surface area contributed by atoms with Crippen molar-refractivity contribution in [3.63, 3.8) is 0 Å². The Morgan fingerprint density at radius 3 is 2.02 bits per heavy atom. The molecule has 4 aromatic carbocycles. The van der Waals surface area contributed by atoms with Crippen LogP contribution in [0.1, 0.15) is 25.7 Å². The molecule has 0 fully saturated rings. The van der Waals surface area contributed by atoms with Gasteiger partial charge in [-0.1, -0.05) is 72.8 Å². The molecule has 0 saturated carbocycles. The molecule has 6 rings (SSSR count). The van der Waals surface area contributed by atoms with E-state index < -0.39 is 31.7 Å². The van der Waals surface area contributed by atoms with Gasteiger partial charge in [-0.3, -0.25) is 9.11 Å². The van der Waals surface area contributed by atoms with Crippen LogP contribution < -0.4 is 14.2 Å². The van der Waals surface area contributed by atoms with Gasteiger partial charge in [0, 0.05) is 25.1 Å². The second-order valence-electron chi connectivity index (χ2n) is 11.6. The number of benzene rings is 4. The average Bonchev–Trinajstić information content (AvgIpc) is 3.56. The van der Waals surface area contributed by atoms with Crippen LogP contribution in [0.4, 0.5) is 5.69 Å². The molecule has 48 heavy (non-hydrogen) atoms. The van der Waals surface area contributed by atoms with E-state index in [2.05, 4.69) is 0 Å². The predicted octanol–water partition coefficient (Wildman–Crippen LogP) is 6.75. The van der Waals surface area contributed by atoms with Crippen molar-refractivity contribution >= 4 is 43.1 Å². The predicted molar refractivity (Wildman–Crippen MR) is 185 cm³/mol. The standard InChI is InChI=1S/C36H34N2O8S2/c1-26(22-35-37(18-8-20-47(39,40)41)31-24-29(14-16-33(31)45-35)27-10-4-2-5-11-27)23-36-38(19-9-21-48(42,43)44)32-25-30(15-17-34(32)46-36)28-12-6-3-7-13-28/h2-7,10-17,22-25H,8-9,18-21H2,1H3,(H-,39,40,41,42,43,44)/p+1. The van der Waals surface area contributed by atoms with E-state index in [0.29, 0.717) is 23.1 Å². The van der Waals surface area contributed by atoms with Crippen LogP contribution in [0.25, 0.3) is 39.4 Å². The number of rotatable bonds is 12. The highest BCUT2D eigenvalue weighted by atomic mass is 32.2. The van der Waals surface area contributed by atoms with Crippen molar-refractivity contribution in [3.05, 3.63) is 120 Å². The van der Waals surface area contributed by atoms with Gasteiger partial charge in [0.05, 0.1) is 23.3 Å². The number of oxazole rings is 1. The molecular weight excluding hydrogens is 653 g/mol. The molecular formula is C36H35N2O8S2+. The fourth-order valence-electron chi connectivity index (χ4n) is 5.74. The first-order valence-corrected chi connectivity index (χ1v) is 18.6. The molecule has 0 radical (unpaired) electrons. The van der Waals surface area contributed by atoms with E-state index in [1.165, 1.54) is 0 Å². The minimum Gasteiger partial charge on any atom is -0.439 e. The Morgan fingerprint density at radius 1 is 0.771 bits per heavy atom. The zero-order valence-electron chi connectivity index (χ0n) is 26.2. The maximum Gasteiger partial charge on any atom is 0.374 e. The fourth-order valence-corrected chi connectivity index (χ4v) is 6.73. The molecule has 248 valence electrons. The van der Waals surface area contributed by atoms with Crippen molar-refractivity contribution in [1.29, 1.82) is 0 Å². The number of ether oxygens (including phenoxy) is 1. The van der Waals surface area contributed by atoms with E-state index in [1.807, 2.05) is 126 Å². The Bertz CT molecular complexity index is 2230. The smallest absolute Gasteiger partial charge is 0.374 e. The molecule has 10 nitrogen and oxygen atoms in total. The van der Waals surface area contributed by atoms with Crippen molar-refractivity contribution in [3.8, 4) is 28.0 Å². The molecule has 2 heterocycles. The lowest BCUT2D eigenvalue weighted by Gasteiger charge is -2.18. The molecule has 0 bridgehead atoms. The molecule has 0 spiro atoms. The normalized spacial score (nSPS) is 14.4. The van der Waals surface area contributed by atoms with Crippen LogP contribution in [-0.4, -0.2) is 44.0 Å². The lowest BCUT2D eigenvalue weighted by Crippen LogP contribution is -2.36. The van der Waals surface area contributed by atoms with E-state index in [9.17, 15) is 25.9 Å². The van der Waals surface area contributed by atoms with Gasteiger partial charge in [0.25, 0.3) is 25.8 Å². The minimum absolute atomic E-state index is 0.165. The van der Waals surface area contributed by atoms with Crippen molar-refractivity contribution in [2.45, 2.75) is 26.3 Å². The van der Waals surface area contributed by atoms with Crippen LogP contribution in [0, 0.1) is 0 Å². The van der Waals surface area contributed by atoms with Gasteiger partial charge in [-0.15, -0.1) is 0 Å². The summed E-state index contributed by atoms with van der Waals surface area (Å²) in [5, 5.41) is 0. The number of fused-ring (bicyclic) bond motifs is 2. The van der Waals surface area contributed by atoms with Gasteiger partial charge in [-0.2, -0.15) is 21.4 Å². The summed E-state index contributed by atoms with van der Waals surface area (Å²) in [4.78, 5) is 1.88. The third-order valence-electron chi connectivity index (χ3n) is 7.95. The Hall–Kier alpha value is -4.75. The molecule has 0 unspecified atom stereocenters. The number of aryl methyl sites for hydroxylation is 1. The quantitative estimate of drug-likeness (QED) is 0.108. The zero-order valence-corrected chi connectivity index (χ0v) is 27.8. The summed E-state index contributed by atoms with van der Waals surface area (Å²) in [6.45, 7) is 2.41. The number of nitrogens with zero attached hydrogens (tertiary/aromatic N) is 2. The van der Waals surface area contributed by atoms with Crippen LogP contribution in [-0.2, 0) is 26.8 Å². The zero-order chi connectivity index (χ0) is 33.9. The Kier molecular flexibility index (Phi) is 9.51. The SMILES string of the molecule is CC(=Cc1oc2ccc(-c3ccccc3)cc2[n+]1CCCS(=O)(=O)O)C=C1Oc2ccc(-c3ccccc3)cc2N1CCCS(=O)(=O)O. The Balaban J connectivity index is 1.37. The van der Waals surface area contributed by atoms with E-state index in [-0.39, 0.29) is 25.9 Å². The molecule has 0 atom stereocenters. The third kappa shape index (κ3) is 8.03. The summed E-state index contributed by atoms with van der Waals surface area (Å²) in [5.41, 5.74) is 6.86. The molecule has 5 aromatic rings. The number of hydrogen-bond donors (Lipinski definition) is 2. The van der Waals surface area contributed by atoms with Crippen LogP contribution in [0.2, 0.25) is 0 Å². The van der Waals surface area contributed by atoms with Gasteiger partial charge in [0.2, 0.25) is 11.5 Å². The third-order valence-corrected chi connectivity index (χ3v) is 9.55. The van der Waals surface area contributed by atoms with Crippen LogP contribution >= 0.6 is 0 Å². The topological polar surface area (TPSA) is 138 Å². The summed E-state index contributed by atoms with van der Waals surface area (Å²) >= 11 is 0. The Morgan fingerprint density at radius 2 is 1.38 bits per heavy atom. The van der Waals surface area contributed by atoms with Gasteiger partial charge in [0.1, 0.15) is 0 Å². The minimum atomic E-state index is -4.15. The monoisotopic (exact) mass is 687 g/mol. The first kappa shape index (κ1) is 33.2.